The molecule has 4 heteroatoms. The van der Waals surface area contributed by atoms with Gasteiger partial charge in [0.05, 0.1) is 4.90 Å². The lowest BCUT2D eigenvalue weighted by Gasteiger charge is -1.94. The van der Waals surface area contributed by atoms with Gasteiger partial charge in [0.1, 0.15) is 22.4 Å². The zero-order valence-electron chi connectivity index (χ0n) is 6.45. The van der Waals surface area contributed by atoms with Gasteiger partial charge in [0, 0.05) is 5.56 Å². The first-order valence-corrected chi connectivity index (χ1v) is 4.71. The molecule has 1 aliphatic heterocycles. The molecule has 0 spiro atoms. The second-order valence-electron chi connectivity index (χ2n) is 2.53. The van der Waals surface area contributed by atoms with Gasteiger partial charge in [0.25, 0.3) is 0 Å². The van der Waals surface area contributed by atoms with Crippen LogP contribution in [0, 0.1) is 11.3 Å². The number of nitriles is 1. The van der Waals surface area contributed by atoms with Gasteiger partial charge in [-0.05, 0) is 6.07 Å². The summed E-state index contributed by atoms with van der Waals surface area (Å²) in [6, 6.07) is 8.23. The Morgan fingerprint density at radius 2 is 2.08 bits per heavy atom. The van der Waals surface area contributed by atoms with Crippen LogP contribution in [0.25, 0.3) is 5.57 Å². The minimum absolute atomic E-state index is 0.103. The Bertz CT molecular complexity index is 473. The Kier molecular flexibility index (Phi) is 1.74. The maximum Gasteiger partial charge on any atom is 0.210 e. The highest BCUT2D eigenvalue weighted by Gasteiger charge is 2.28. The van der Waals surface area contributed by atoms with Crippen LogP contribution < -0.4 is 0 Å². The van der Waals surface area contributed by atoms with Crippen LogP contribution in [0.3, 0.4) is 0 Å². The molecule has 0 saturated carbocycles. The molecule has 0 amide bonds. The summed E-state index contributed by atoms with van der Waals surface area (Å²) in [7, 11) is -1.78. The molecule has 13 heavy (non-hydrogen) atoms. The fourth-order valence-corrected chi connectivity index (χ4v) is 2.34. The molecule has 1 aromatic rings. The summed E-state index contributed by atoms with van der Waals surface area (Å²) >= 11 is 0. The molecule has 0 bridgehead atoms. The number of benzene rings is 1. The van der Waals surface area contributed by atoms with E-state index >= 15 is 0 Å². The maximum atomic E-state index is 13.1. The van der Waals surface area contributed by atoms with Crippen molar-refractivity contribution in [1.29, 1.82) is 5.26 Å². The van der Waals surface area contributed by atoms with Gasteiger partial charge in [-0.2, -0.15) is 9.65 Å². The van der Waals surface area contributed by atoms with Crippen molar-refractivity contribution in [2.75, 3.05) is 0 Å². The summed E-state index contributed by atoms with van der Waals surface area (Å²) in [4.78, 5) is 0.386. The number of fused-ring (bicyclic) bond motifs is 1. The molecule has 2 rings (SSSR count). The third-order valence-electron chi connectivity index (χ3n) is 1.83. The van der Waals surface area contributed by atoms with Crippen molar-refractivity contribution in [1.82, 2.24) is 0 Å². The second-order valence-corrected chi connectivity index (χ2v) is 3.86. The Morgan fingerprint density at radius 3 is 2.77 bits per heavy atom. The maximum absolute atomic E-state index is 13.1. The summed E-state index contributed by atoms with van der Waals surface area (Å²) < 4.78 is 24.4. The highest BCUT2D eigenvalue weighted by atomic mass is 32.2. The van der Waals surface area contributed by atoms with E-state index in [0.717, 1.165) is 0 Å². The molecule has 0 aliphatic carbocycles. The van der Waals surface area contributed by atoms with Gasteiger partial charge < -0.3 is 0 Å². The van der Waals surface area contributed by atoms with Crippen LogP contribution in [-0.4, -0.2) is 4.21 Å². The highest BCUT2D eigenvalue weighted by molar-refractivity contribution is 7.89. The van der Waals surface area contributed by atoms with Gasteiger partial charge in [-0.3, -0.25) is 0 Å². The zero-order chi connectivity index (χ0) is 9.42. The van der Waals surface area contributed by atoms with E-state index in [4.69, 9.17) is 5.26 Å². The van der Waals surface area contributed by atoms with Crippen LogP contribution in [0.2, 0.25) is 0 Å². The van der Waals surface area contributed by atoms with Crippen LogP contribution in [0.1, 0.15) is 5.56 Å². The van der Waals surface area contributed by atoms with E-state index in [1.165, 1.54) is 0 Å². The number of hydrogen-bond donors (Lipinski definition) is 0. The minimum atomic E-state index is -1.78. The van der Waals surface area contributed by atoms with E-state index in [2.05, 4.69) is 0 Å². The molecule has 0 saturated heterocycles. The van der Waals surface area contributed by atoms with E-state index < -0.39 is 16.0 Å². The number of allylic oxidation sites excluding steroid dienone is 1. The average Bonchev–Trinajstić information content (AvgIpc) is 2.41. The van der Waals surface area contributed by atoms with Crippen LogP contribution in [-0.2, 0) is 10.8 Å². The number of rotatable bonds is 0. The van der Waals surface area contributed by atoms with Crippen molar-refractivity contribution < 1.29 is 8.60 Å². The van der Waals surface area contributed by atoms with Crippen LogP contribution in [0.15, 0.2) is 34.3 Å². The first-order valence-electron chi connectivity index (χ1n) is 3.56. The molecule has 1 unspecified atom stereocenters. The Morgan fingerprint density at radius 1 is 1.38 bits per heavy atom. The number of nitrogens with zero attached hydrogens (tertiary/aromatic N) is 1. The van der Waals surface area contributed by atoms with Gasteiger partial charge in [-0.25, -0.2) is 4.21 Å². The normalized spacial score (nSPS) is 19.8. The Hall–Kier alpha value is -1.47. The molecule has 0 radical (unpaired) electrons. The zero-order valence-corrected chi connectivity index (χ0v) is 7.27. The monoisotopic (exact) mass is 193 g/mol. The largest absolute Gasteiger partial charge is 0.247 e. The van der Waals surface area contributed by atoms with Crippen LogP contribution in [0.5, 0.6) is 0 Å². The van der Waals surface area contributed by atoms with Crippen molar-refractivity contribution in [3.8, 4) is 6.07 Å². The molecule has 1 aliphatic rings. The lowest BCUT2D eigenvalue weighted by molar-refractivity contribution is 0.656. The number of halogens is 1. The van der Waals surface area contributed by atoms with Gasteiger partial charge in [0.2, 0.25) is 5.16 Å². The summed E-state index contributed by atoms with van der Waals surface area (Å²) in [5, 5.41) is 7.79. The average molecular weight is 193 g/mol. The summed E-state index contributed by atoms with van der Waals surface area (Å²) in [6.45, 7) is 0. The Labute approximate surface area is 76.8 Å². The Balaban J connectivity index is 2.76. The topological polar surface area (TPSA) is 40.9 Å². The molecular formula is C9H4FNOS. The molecule has 64 valence electrons. The van der Waals surface area contributed by atoms with Crippen molar-refractivity contribution in [2.45, 2.75) is 4.90 Å². The summed E-state index contributed by atoms with van der Waals surface area (Å²) in [5.41, 5.74) is 0.342. The van der Waals surface area contributed by atoms with E-state index in [9.17, 15) is 8.60 Å². The van der Waals surface area contributed by atoms with Gasteiger partial charge in [-0.1, -0.05) is 18.2 Å². The summed E-state index contributed by atoms with van der Waals surface area (Å²) in [5.74, 6) is 0. The molecule has 0 N–H and O–H groups in total. The van der Waals surface area contributed by atoms with Gasteiger partial charge in [0.15, 0.2) is 0 Å². The SMILES string of the molecule is N#CC1=C(F)S(=O)c2ccccc21. The fraction of sp³-hybridized carbons (Fsp3) is 0. The van der Waals surface area contributed by atoms with Gasteiger partial charge in [-0.15, -0.1) is 0 Å². The molecule has 2 nitrogen and oxygen atoms in total. The molecule has 0 fully saturated rings. The van der Waals surface area contributed by atoms with Crippen molar-refractivity contribution >= 4 is 16.4 Å². The minimum Gasteiger partial charge on any atom is -0.247 e. The molecule has 1 heterocycles. The van der Waals surface area contributed by atoms with Crippen LogP contribution in [0.4, 0.5) is 4.39 Å². The lowest BCUT2D eigenvalue weighted by Crippen LogP contribution is -1.85. The fourth-order valence-electron chi connectivity index (χ4n) is 1.23. The third-order valence-corrected chi connectivity index (χ3v) is 3.11. The second kappa shape index (κ2) is 2.79. The first-order chi connectivity index (χ1) is 6.25. The van der Waals surface area contributed by atoms with Gasteiger partial charge >= 0.3 is 0 Å². The molecular weight excluding hydrogens is 189 g/mol. The van der Waals surface area contributed by atoms with Crippen molar-refractivity contribution in [3.05, 3.63) is 35.0 Å². The summed E-state index contributed by atoms with van der Waals surface area (Å²) in [6.07, 6.45) is 0. The number of hydrogen-bond acceptors (Lipinski definition) is 2. The van der Waals surface area contributed by atoms with Crippen molar-refractivity contribution in [3.63, 3.8) is 0 Å². The predicted molar refractivity (Wildman–Crippen MR) is 46.5 cm³/mol. The quantitative estimate of drug-likeness (QED) is 0.632. The molecule has 1 atom stereocenters. The molecule has 0 aromatic heterocycles. The van der Waals surface area contributed by atoms with E-state index in [-0.39, 0.29) is 5.57 Å². The smallest absolute Gasteiger partial charge is 0.210 e. The van der Waals surface area contributed by atoms with Crippen molar-refractivity contribution in [2.24, 2.45) is 0 Å². The molecule has 1 aromatic carbocycles. The lowest BCUT2D eigenvalue weighted by atomic mass is 10.1. The predicted octanol–water partition coefficient (Wildman–Crippen LogP) is 1.97. The van der Waals surface area contributed by atoms with E-state index in [0.29, 0.717) is 10.5 Å². The highest BCUT2D eigenvalue weighted by Crippen LogP contribution is 2.36. The third kappa shape index (κ3) is 1.01. The van der Waals surface area contributed by atoms with E-state index in [1.807, 2.05) is 0 Å². The standard InChI is InChI=1S/C9H4FNOS/c10-9-7(5-11)6-3-1-2-4-8(6)13(9)12/h1-4H. The van der Waals surface area contributed by atoms with E-state index in [1.54, 1.807) is 30.3 Å². The van der Waals surface area contributed by atoms with Crippen LogP contribution >= 0.6 is 0 Å². The first kappa shape index (κ1) is 8.14.